The van der Waals surface area contributed by atoms with Crippen LogP contribution in [0.3, 0.4) is 0 Å². The van der Waals surface area contributed by atoms with E-state index in [4.69, 9.17) is 11.1 Å². The number of thioether (sulfide) groups is 1. The van der Waals surface area contributed by atoms with Crippen LogP contribution in [0.2, 0.25) is 0 Å². The van der Waals surface area contributed by atoms with Gasteiger partial charge in [-0.1, -0.05) is 37.9 Å². The minimum absolute atomic E-state index is 0. The van der Waals surface area contributed by atoms with Crippen molar-refractivity contribution in [1.82, 2.24) is 5.32 Å². The Morgan fingerprint density at radius 2 is 2.06 bits per heavy atom. The molecule has 1 aliphatic carbocycles. The van der Waals surface area contributed by atoms with Crippen LogP contribution in [0, 0.1) is 5.41 Å². The first-order chi connectivity index (χ1) is 7.72. The van der Waals surface area contributed by atoms with Crippen molar-refractivity contribution in [3.05, 3.63) is 0 Å². The monoisotopic (exact) mass is 322 g/mol. The predicted octanol–water partition coefficient (Wildman–Crippen LogP) is 2.88. The van der Waals surface area contributed by atoms with Gasteiger partial charge in [-0.15, -0.1) is 17.0 Å². The Balaban J connectivity index is 0.00000256. The number of nitrogens with zero attached hydrogens (tertiary/aromatic N) is 1. The van der Waals surface area contributed by atoms with Gasteiger partial charge in [0.05, 0.1) is 6.04 Å². The molecule has 1 saturated carbocycles. The molecule has 100 valence electrons. The van der Waals surface area contributed by atoms with Crippen molar-refractivity contribution < 1.29 is 0 Å². The van der Waals surface area contributed by atoms with Gasteiger partial charge in [0, 0.05) is 5.75 Å². The van der Waals surface area contributed by atoms with Gasteiger partial charge in [0.2, 0.25) is 0 Å². The van der Waals surface area contributed by atoms with Gasteiger partial charge in [0.15, 0.2) is 11.1 Å². The quantitative estimate of drug-likeness (QED) is 0.552. The highest BCUT2D eigenvalue weighted by Crippen LogP contribution is 2.21. The van der Waals surface area contributed by atoms with Crippen molar-refractivity contribution in [2.45, 2.75) is 51.5 Å². The van der Waals surface area contributed by atoms with Gasteiger partial charge in [-0.2, -0.15) is 0 Å². The fraction of sp³-hybridized carbons (Fsp3) is 0.818. The summed E-state index contributed by atoms with van der Waals surface area (Å²) in [6, 6.07) is 0.431. The molecule has 4 nitrogen and oxygen atoms in total. The zero-order chi connectivity index (χ0) is 11.8. The van der Waals surface area contributed by atoms with E-state index in [0.717, 1.165) is 17.3 Å². The Kier molecular flexibility index (Phi) is 9.63. The molecule has 0 bridgehead atoms. The van der Waals surface area contributed by atoms with Gasteiger partial charge >= 0.3 is 0 Å². The molecule has 0 aliphatic heterocycles. The van der Waals surface area contributed by atoms with E-state index < -0.39 is 0 Å². The third kappa shape index (κ3) is 7.65. The molecule has 0 saturated heterocycles. The fourth-order valence-corrected chi connectivity index (χ4v) is 2.60. The molecule has 6 heteroatoms. The van der Waals surface area contributed by atoms with Crippen LogP contribution in [0.5, 0.6) is 0 Å². The van der Waals surface area contributed by atoms with Crippen molar-refractivity contribution in [2.24, 2.45) is 10.7 Å². The van der Waals surface area contributed by atoms with E-state index >= 15 is 0 Å². The van der Waals surface area contributed by atoms with Crippen LogP contribution in [0.4, 0.5) is 0 Å². The maximum atomic E-state index is 7.25. The molecule has 0 spiro atoms. The summed E-state index contributed by atoms with van der Waals surface area (Å²) < 4.78 is 0. The Morgan fingerprint density at radius 1 is 1.41 bits per heavy atom. The second-order valence-electron chi connectivity index (χ2n) is 4.11. The predicted molar refractivity (Wildman–Crippen MR) is 82.4 cm³/mol. The summed E-state index contributed by atoms with van der Waals surface area (Å²) in [5.41, 5.74) is 5.35. The second-order valence-corrected chi connectivity index (χ2v) is 5.20. The molecular formula is C11H23BrN4S. The maximum Gasteiger partial charge on any atom is 0.191 e. The lowest BCUT2D eigenvalue weighted by atomic mass is 9.96. The largest absolute Gasteiger partial charge is 0.370 e. The first-order valence-electron chi connectivity index (χ1n) is 6.04. The third-order valence-electron chi connectivity index (χ3n) is 2.56. The molecule has 0 aromatic carbocycles. The summed E-state index contributed by atoms with van der Waals surface area (Å²) in [4.78, 5) is 4.66. The highest BCUT2D eigenvalue weighted by atomic mass is 79.9. The molecule has 0 aromatic rings. The van der Waals surface area contributed by atoms with Crippen LogP contribution in [0.1, 0.15) is 45.4 Å². The number of guanidine groups is 1. The molecule has 1 rings (SSSR count). The summed E-state index contributed by atoms with van der Waals surface area (Å²) >= 11 is 1.66. The van der Waals surface area contributed by atoms with Crippen LogP contribution in [-0.4, -0.2) is 22.9 Å². The number of halogens is 1. The van der Waals surface area contributed by atoms with Crippen molar-refractivity contribution in [1.29, 1.82) is 5.41 Å². The number of hydrogen-bond acceptors (Lipinski definition) is 3. The molecule has 0 aromatic heterocycles. The maximum absolute atomic E-state index is 7.25. The van der Waals surface area contributed by atoms with Gasteiger partial charge in [-0.25, -0.2) is 0 Å². The Labute approximate surface area is 118 Å². The van der Waals surface area contributed by atoms with Crippen molar-refractivity contribution in [3.8, 4) is 0 Å². The van der Waals surface area contributed by atoms with E-state index in [0.29, 0.717) is 6.04 Å². The van der Waals surface area contributed by atoms with E-state index in [1.807, 2.05) is 0 Å². The number of nitrogens with one attached hydrogen (secondary N) is 2. The second kappa shape index (κ2) is 9.76. The Hall–Kier alpha value is -0.230. The van der Waals surface area contributed by atoms with Gasteiger partial charge in [-0.3, -0.25) is 10.4 Å². The van der Waals surface area contributed by atoms with Crippen molar-refractivity contribution in [2.75, 3.05) is 5.75 Å². The van der Waals surface area contributed by atoms with E-state index in [-0.39, 0.29) is 22.9 Å². The SMILES string of the molecule is Br.CCCSC(=NC1CCCCC1)NC(=N)N. The first-order valence-corrected chi connectivity index (χ1v) is 7.02. The van der Waals surface area contributed by atoms with E-state index in [2.05, 4.69) is 17.2 Å². The summed E-state index contributed by atoms with van der Waals surface area (Å²) in [7, 11) is 0. The van der Waals surface area contributed by atoms with Gasteiger partial charge in [0.25, 0.3) is 0 Å². The van der Waals surface area contributed by atoms with Crippen molar-refractivity contribution >= 4 is 39.9 Å². The molecule has 1 fully saturated rings. The summed E-state index contributed by atoms with van der Waals surface area (Å²) in [6.07, 6.45) is 7.35. The lowest BCUT2D eigenvalue weighted by Gasteiger charge is -2.19. The fourth-order valence-electron chi connectivity index (χ4n) is 1.80. The number of amidine groups is 1. The molecule has 0 atom stereocenters. The van der Waals surface area contributed by atoms with Crippen LogP contribution >= 0.6 is 28.7 Å². The molecule has 0 radical (unpaired) electrons. The minimum atomic E-state index is -0.0156. The summed E-state index contributed by atoms with van der Waals surface area (Å²) in [6.45, 7) is 2.14. The lowest BCUT2D eigenvalue weighted by Crippen LogP contribution is -2.35. The molecule has 1 aliphatic rings. The van der Waals surface area contributed by atoms with Crippen molar-refractivity contribution in [3.63, 3.8) is 0 Å². The number of rotatable bonds is 3. The molecule has 4 N–H and O–H groups in total. The third-order valence-corrected chi connectivity index (χ3v) is 3.65. The summed E-state index contributed by atoms with van der Waals surface area (Å²) in [5, 5.41) is 10.9. The Morgan fingerprint density at radius 3 is 2.59 bits per heavy atom. The average molecular weight is 323 g/mol. The normalized spacial score (nSPS) is 17.4. The number of aliphatic imine (C=N–C) groups is 1. The highest BCUT2D eigenvalue weighted by Gasteiger charge is 2.13. The van der Waals surface area contributed by atoms with Gasteiger partial charge < -0.3 is 11.1 Å². The average Bonchev–Trinajstić information content (AvgIpc) is 2.26. The van der Waals surface area contributed by atoms with Gasteiger partial charge in [-0.05, 0) is 19.3 Å². The Bertz CT molecular complexity index is 252. The summed E-state index contributed by atoms with van der Waals surface area (Å²) in [5.74, 6) is 1.00. The molecule has 17 heavy (non-hydrogen) atoms. The van der Waals surface area contributed by atoms with Gasteiger partial charge in [0.1, 0.15) is 0 Å². The standard InChI is InChI=1S/C11H22N4S.BrH/c1-2-8-16-11(15-10(12)13)14-9-6-4-3-5-7-9;/h9H,2-8H2,1H3,(H4,12,13,14,15);1H. The molecule has 0 amide bonds. The van der Waals surface area contributed by atoms with Crippen LogP contribution in [0.15, 0.2) is 4.99 Å². The first kappa shape index (κ1) is 16.8. The smallest absolute Gasteiger partial charge is 0.191 e. The zero-order valence-corrected chi connectivity index (χ0v) is 12.9. The molecular weight excluding hydrogens is 300 g/mol. The topological polar surface area (TPSA) is 74.3 Å². The molecule has 0 heterocycles. The van der Waals surface area contributed by atoms with E-state index in [9.17, 15) is 0 Å². The number of nitrogens with two attached hydrogens (primary N) is 1. The van der Waals surface area contributed by atoms with Crippen LogP contribution in [0.25, 0.3) is 0 Å². The van der Waals surface area contributed by atoms with E-state index in [1.165, 1.54) is 32.1 Å². The minimum Gasteiger partial charge on any atom is -0.370 e. The highest BCUT2D eigenvalue weighted by molar-refractivity contribution is 8.93. The number of hydrogen-bond donors (Lipinski definition) is 3. The van der Waals surface area contributed by atoms with E-state index in [1.54, 1.807) is 11.8 Å². The zero-order valence-electron chi connectivity index (χ0n) is 10.4. The van der Waals surface area contributed by atoms with Crippen LogP contribution in [-0.2, 0) is 0 Å². The molecule has 0 unspecified atom stereocenters. The lowest BCUT2D eigenvalue weighted by molar-refractivity contribution is 0.443. The van der Waals surface area contributed by atoms with Crippen LogP contribution < -0.4 is 11.1 Å².